The van der Waals surface area contributed by atoms with Crippen LogP contribution in [0.1, 0.15) is 46.8 Å². The van der Waals surface area contributed by atoms with Gasteiger partial charge in [0.25, 0.3) is 0 Å². The lowest BCUT2D eigenvalue weighted by atomic mass is 10.1. The van der Waals surface area contributed by atoms with E-state index in [0.717, 1.165) is 4.88 Å². The molecule has 1 aliphatic heterocycles. The van der Waals surface area contributed by atoms with Gasteiger partial charge in [-0.1, -0.05) is 28.1 Å². The van der Waals surface area contributed by atoms with Gasteiger partial charge in [0.1, 0.15) is 4.88 Å². The van der Waals surface area contributed by atoms with Crippen molar-refractivity contribution in [2.75, 3.05) is 13.2 Å². The number of thiophene rings is 1. The molecular weight excluding hydrogens is 530 g/mol. The molecule has 1 fully saturated rings. The lowest BCUT2D eigenvalue weighted by molar-refractivity contribution is -0.0277. The largest absolute Gasteiger partial charge is 0.459 e. The number of benzene rings is 1. The van der Waals surface area contributed by atoms with Gasteiger partial charge in [0.15, 0.2) is 0 Å². The number of carbonyl (C=O) groups is 2. The minimum atomic E-state index is -3.26. The van der Waals surface area contributed by atoms with Gasteiger partial charge in [-0.05, 0) is 63.2 Å². The molecule has 34 heavy (non-hydrogen) atoms. The summed E-state index contributed by atoms with van der Waals surface area (Å²) in [5, 5.41) is 2.14. The Kier molecular flexibility index (Phi) is 9.07. The van der Waals surface area contributed by atoms with Crippen LogP contribution in [0.5, 0.6) is 0 Å². The summed E-state index contributed by atoms with van der Waals surface area (Å²) in [7, 11) is 0. The molecule has 1 unspecified atom stereocenters. The summed E-state index contributed by atoms with van der Waals surface area (Å²) >= 11 is 4.57. The van der Waals surface area contributed by atoms with Gasteiger partial charge in [0, 0.05) is 27.9 Å². The van der Waals surface area contributed by atoms with E-state index >= 15 is 0 Å². The van der Waals surface area contributed by atoms with Crippen molar-refractivity contribution in [1.82, 2.24) is 10.2 Å². The summed E-state index contributed by atoms with van der Waals surface area (Å²) in [6, 6.07) is 5.92. The number of esters is 1. The molecule has 0 saturated carbocycles. The number of ether oxygens (including phenoxy) is 2. The molecular formula is C24H27BrF2N2O4S. The first-order valence-electron chi connectivity index (χ1n) is 11.0. The van der Waals surface area contributed by atoms with Gasteiger partial charge in [-0.15, -0.1) is 11.3 Å². The van der Waals surface area contributed by atoms with Gasteiger partial charge in [0.05, 0.1) is 18.8 Å². The van der Waals surface area contributed by atoms with Gasteiger partial charge in [-0.2, -0.15) is 8.78 Å². The van der Waals surface area contributed by atoms with E-state index in [4.69, 9.17) is 9.47 Å². The summed E-state index contributed by atoms with van der Waals surface area (Å²) in [5.41, 5.74) is -0.168. The van der Waals surface area contributed by atoms with Gasteiger partial charge in [-0.25, -0.2) is 9.59 Å². The van der Waals surface area contributed by atoms with Crippen LogP contribution in [0.2, 0.25) is 0 Å². The summed E-state index contributed by atoms with van der Waals surface area (Å²) in [5.74, 6) is -0.344. The van der Waals surface area contributed by atoms with Crippen LogP contribution in [0.4, 0.5) is 13.6 Å². The van der Waals surface area contributed by atoms with E-state index in [2.05, 4.69) is 21.2 Å². The summed E-state index contributed by atoms with van der Waals surface area (Å²) in [6.45, 7) is 4.23. The van der Waals surface area contributed by atoms with Crippen molar-refractivity contribution >= 4 is 39.3 Å². The molecule has 0 aliphatic carbocycles. The summed E-state index contributed by atoms with van der Waals surface area (Å²) < 4.78 is 39.8. The van der Waals surface area contributed by atoms with Crippen LogP contribution in [-0.2, 0) is 21.9 Å². The van der Waals surface area contributed by atoms with E-state index < -0.39 is 12.1 Å². The molecule has 2 heterocycles. The first kappa shape index (κ1) is 26.2. The Labute approximate surface area is 210 Å². The van der Waals surface area contributed by atoms with Gasteiger partial charge < -0.3 is 19.7 Å². The average Bonchev–Trinajstić information content (AvgIpc) is 3.24. The third-order valence-corrected chi connectivity index (χ3v) is 6.69. The van der Waals surface area contributed by atoms with Crippen molar-refractivity contribution in [2.45, 2.75) is 51.3 Å². The number of cyclic esters (lactones) is 1. The standard InChI is InChI=1S/C24H27BrF2N2O4S/c1-16(2)33-22(30)21-9-8-20(34-21)7-4-13-29-19(11-14-32-23(29)31)10-12-28-24(26,27)17-5-3-6-18(25)15-17/h3,5-6,8-10,12,15-16,19,28H,4,7,11,13-14H2,1-2H3/b12-10+. The van der Waals surface area contributed by atoms with Crippen molar-refractivity contribution < 1.29 is 27.8 Å². The molecule has 184 valence electrons. The molecule has 1 aliphatic rings. The second-order valence-corrected chi connectivity index (χ2v) is 10.2. The van der Waals surface area contributed by atoms with Crippen LogP contribution < -0.4 is 5.32 Å². The predicted octanol–water partition coefficient (Wildman–Crippen LogP) is 6.07. The fourth-order valence-electron chi connectivity index (χ4n) is 3.45. The first-order valence-corrected chi connectivity index (χ1v) is 12.6. The van der Waals surface area contributed by atoms with E-state index in [0.29, 0.717) is 35.2 Å². The number of amides is 1. The Morgan fingerprint density at radius 1 is 1.38 bits per heavy atom. The molecule has 1 atom stereocenters. The maximum Gasteiger partial charge on any atom is 0.410 e. The number of aryl methyl sites for hydroxylation is 1. The number of carbonyl (C=O) groups excluding carboxylic acids is 2. The first-order chi connectivity index (χ1) is 16.2. The van der Waals surface area contributed by atoms with Crippen molar-refractivity contribution in [2.24, 2.45) is 0 Å². The van der Waals surface area contributed by atoms with Crippen molar-refractivity contribution in [3.05, 3.63) is 68.5 Å². The van der Waals surface area contributed by atoms with Crippen LogP contribution in [0, 0.1) is 0 Å². The second-order valence-electron chi connectivity index (χ2n) is 8.08. The van der Waals surface area contributed by atoms with Crippen molar-refractivity contribution in [3.8, 4) is 0 Å². The average molecular weight is 557 g/mol. The zero-order valence-electron chi connectivity index (χ0n) is 18.9. The number of rotatable bonds is 10. The lowest BCUT2D eigenvalue weighted by Gasteiger charge is -2.33. The highest BCUT2D eigenvalue weighted by molar-refractivity contribution is 9.10. The Hall–Kier alpha value is -2.46. The highest BCUT2D eigenvalue weighted by atomic mass is 79.9. The second kappa shape index (κ2) is 11.8. The van der Waals surface area contributed by atoms with E-state index in [1.54, 1.807) is 43.0 Å². The zero-order valence-corrected chi connectivity index (χ0v) is 21.3. The summed E-state index contributed by atoms with van der Waals surface area (Å²) in [4.78, 5) is 27.4. The lowest BCUT2D eigenvalue weighted by Crippen LogP contribution is -2.45. The molecule has 1 amide bonds. The molecule has 10 heteroatoms. The normalized spacial score (nSPS) is 16.7. The monoisotopic (exact) mass is 556 g/mol. The van der Waals surface area contributed by atoms with Gasteiger partial charge in [-0.3, -0.25) is 0 Å². The highest BCUT2D eigenvalue weighted by Gasteiger charge is 2.31. The van der Waals surface area contributed by atoms with E-state index in [1.807, 2.05) is 6.07 Å². The SMILES string of the molecule is CC(C)OC(=O)c1ccc(CCCN2C(=O)OCCC2/C=C/NC(F)(F)c2cccc(Br)c2)s1. The fraction of sp³-hybridized carbons (Fsp3) is 0.417. The predicted molar refractivity (Wildman–Crippen MR) is 130 cm³/mol. The number of nitrogens with one attached hydrogen (secondary N) is 1. The highest BCUT2D eigenvalue weighted by Crippen LogP contribution is 2.27. The Balaban J connectivity index is 1.55. The molecule has 3 rings (SSSR count). The zero-order chi connectivity index (χ0) is 24.7. The molecule has 6 nitrogen and oxygen atoms in total. The van der Waals surface area contributed by atoms with E-state index in [-0.39, 0.29) is 30.3 Å². The Morgan fingerprint density at radius 2 is 2.18 bits per heavy atom. The number of hydrogen-bond donors (Lipinski definition) is 1. The van der Waals surface area contributed by atoms with Crippen LogP contribution in [0.25, 0.3) is 0 Å². The molecule has 1 N–H and O–H groups in total. The minimum absolute atomic E-state index is 0.168. The molecule has 0 spiro atoms. The fourth-order valence-corrected chi connectivity index (χ4v) is 4.78. The third-order valence-electron chi connectivity index (χ3n) is 5.07. The Bertz CT molecular complexity index is 1030. The van der Waals surface area contributed by atoms with Gasteiger partial charge >= 0.3 is 18.1 Å². The van der Waals surface area contributed by atoms with Crippen LogP contribution in [0.3, 0.4) is 0 Å². The molecule has 0 radical (unpaired) electrons. The molecule has 1 aromatic carbocycles. The molecule has 0 bridgehead atoms. The maximum atomic E-state index is 14.5. The van der Waals surface area contributed by atoms with Crippen molar-refractivity contribution in [3.63, 3.8) is 0 Å². The van der Waals surface area contributed by atoms with Crippen LogP contribution >= 0.6 is 27.3 Å². The summed E-state index contributed by atoms with van der Waals surface area (Å²) in [6.07, 6.45) is 3.93. The smallest absolute Gasteiger partial charge is 0.410 e. The number of hydrogen-bond acceptors (Lipinski definition) is 6. The maximum absolute atomic E-state index is 14.5. The quantitative estimate of drug-likeness (QED) is 0.284. The van der Waals surface area contributed by atoms with Crippen LogP contribution in [0.15, 0.2) is 53.1 Å². The van der Waals surface area contributed by atoms with E-state index in [9.17, 15) is 18.4 Å². The van der Waals surface area contributed by atoms with E-state index in [1.165, 1.54) is 29.7 Å². The third kappa shape index (κ3) is 7.27. The topological polar surface area (TPSA) is 67.9 Å². The molecule has 2 aromatic rings. The number of alkyl halides is 2. The van der Waals surface area contributed by atoms with Crippen molar-refractivity contribution in [1.29, 1.82) is 0 Å². The number of halogens is 3. The minimum Gasteiger partial charge on any atom is -0.459 e. The Morgan fingerprint density at radius 3 is 2.91 bits per heavy atom. The van der Waals surface area contributed by atoms with Crippen LogP contribution in [-0.4, -0.2) is 42.3 Å². The molecule has 1 aromatic heterocycles. The number of nitrogens with zero attached hydrogens (tertiary/aromatic N) is 1. The van der Waals surface area contributed by atoms with Gasteiger partial charge in [0.2, 0.25) is 0 Å². The molecule has 1 saturated heterocycles.